The monoisotopic (exact) mass is 371 g/mol. The fraction of sp³-hybridized carbons (Fsp3) is 0.278. The smallest absolute Gasteiger partial charge is 0.263 e. The van der Waals surface area contributed by atoms with E-state index in [4.69, 9.17) is 5.73 Å². The number of thiazole rings is 1. The summed E-state index contributed by atoms with van der Waals surface area (Å²) >= 11 is 3.08. The minimum absolute atomic E-state index is 0.0247. The molecule has 1 aliphatic heterocycles. The zero-order valence-corrected chi connectivity index (χ0v) is 15.1. The number of hydrogen-bond acceptors (Lipinski definition) is 5. The maximum Gasteiger partial charge on any atom is 0.263 e. The van der Waals surface area contributed by atoms with Gasteiger partial charge in [0.15, 0.2) is 0 Å². The second-order valence-corrected chi connectivity index (χ2v) is 8.26. The maximum atomic E-state index is 12.8. The molecule has 1 aliphatic rings. The normalized spacial score (nSPS) is 17.8. The number of thiophene rings is 1. The van der Waals surface area contributed by atoms with Crippen molar-refractivity contribution >= 4 is 44.7 Å². The van der Waals surface area contributed by atoms with E-state index in [9.17, 15) is 9.59 Å². The number of primary amides is 1. The van der Waals surface area contributed by atoms with Crippen LogP contribution in [-0.2, 0) is 4.79 Å². The number of piperidine rings is 1. The first-order chi connectivity index (χ1) is 12.1. The SMILES string of the molecule is NC(=O)[C@@H]1CCCN(C(=O)c2ccc(-c3nc4ccccc4s3)s2)C1. The average molecular weight is 371 g/mol. The number of likely N-dealkylation sites (tertiary alicyclic amines) is 1. The van der Waals surface area contributed by atoms with Gasteiger partial charge in [-0.25, -0.2) is 4.98 Å². The number of amides is 2. The molecular formula is C18H17N3O2S2. The molecule has 1 atom stereocenters. The second-order valence-electron chi connectivity index (χ2n) is 6.14. The van der Waals surface area contributed by atoms with Crippen LogP contribution < -0.4 is 5.73 Å². The van der Waals surface area contributed by atoms with Gasteiger partial charge in [-0.1, -0.05) is 12.1 Å². The molecule has 2 amide bonds. The minimum atomic E-state index is -0.321. The molecule has 25 heavy (non-hydrogen) atoms. The number of benzene rings is 1. The van der Waals surface area contributed by atoms with E-state index in [2.05, 4.69) is 4.98 Å². The highest BCUT2D eigenvalue weighted by Crippen LogP contribution is 2.35. The van der Waals surface area contributed by atoms with Gasteiger partial charge in [-0.2, -0.15) is 0 Å². The lowest BCUT2D eigenvalue weighted by Crippen LogP contribution is -2.43. The Hall–Kier alpha value is -2.25. The molecule has 0 bridgehead atoms. The lowest BCUT2D eigenvalue weighted by Gasteiger charge is -2.30. The van der Waals surface area contributed by atoms with Crippen LogP contribution in [0.1, 0.15) is 22.5 Å². The molecule has 0 aliphatic carbocycles. The minimum Gasteiger partial charge on any atom is -0.369 e. The van der Waals surface area contributed by atoms with Crippen molar-refractivity contribution in [1.29, 1.82) is 0 Å². The molecule has 0 unspecified atom stereocenters. The van der Waals surface area contributed by atoms with Crippen molar-refractivity contribution in [3.63, 3.8) is 0 Å². The van der Waals surface area contributed by atoms with Crippen molar-refractivity contribution < 1.29 is 9.59 Å². The summed E-state index contributed by atoms with van der Waals surface area (Å²) in [4.78, 5) is 32.2. The molecule has 1 fully saturated rings. The summed E-state index contributed by atoms with van der Waals surface area (Å²) in [5.41, 5.74) is 6.38. The first kappa shape index (κ1) is 16.2. The fourth-order valence-electron chi connectivity index (χ4n) is 3.10. The average Bonchev–Trinajstić information content (AvgIpc) is 3.27. The van der Waals surface area contributed by atoms with Gasteiger partial charge < -0.3 is 10.6 Å². The van der Waals surface area contributed by atoms with Crippen molar-refractivity contribution in [2.24, 2.45) is 11.7 Å². The van der Waals surface area contributed by atoms with E-state index in [-0.39, 0.29) is 17.7 Å². The van der Waals surface area contributed by atoms with Crippen molar-refractivity contribution in [2.45, 2.75) is 12.8 Å². The summed E-state index contributed by atoms with van der Waals surface area (Å²) in [6, 6.07) is 11.8. The number of fused-ring (bicyclic) bond motifs is 1. The number of carbonyl (C=O) groups is 2. The largest absolute Gasteiger partial charge is 0.369 e. The molecule has 0 spiro atoms. The number of nitrogens with zero attached hydrogens (tertiary/aromatic N) is 2. The number of carbonyl (C=O) groups excluding carboxylic acids is 2. The van der Waals surface area contributed by atoms with Crippen molar-refractivity contribution in [1.82, 2.24) is 9.88 Å². The molecule has 0 radical (unpaired) electrons. The maximum absolute atomic E-state index is 12.8. The molecule has 3 aromatic rings. The molecule has 4 rings (SSSR count). The topological polar surface area (TPSA) is 76.3 Å². The Labute approximate surface area is 153 Å². The van der Waals surface area contributed by atoms with Crippen molar-refractivity contribution in [2.75, 3.05) is 13.1 Å². The van der Waals surface area contributed by atoms with E-state index in [1.807, 2.05) is 36.4 Å². The van der Waals surface area contributed by atoms with E-state index in [1.54, 1.807) is 16.2 Å². The zero-order valence-electron chi connectivity index (χ0n) is 13.5. The van der Waals surface area contributed by atoms with Crippen LogP contribution in [0.25, 0.3) is 20.1 Å². The third kappa shape index (κ3) is 3.17. The van der Waals surface area contributed by atoms with E-state index >= 15 is 0 Å². The van der Waals surface area contributed by atoms with E-state index in [0.717, 1.165) is 32.9 Å². The van der Waals surface area contributed by atoms with Crippen molar-refractivity contribution in [3.05, 3.63) is 41.3 Å². The fourth-order valence-corrected chi connectivity index (χ4v) is 5.09. The molecular weight excluding hydrogens is 354 g/mol. The van der Waals surface area contributed by atoms with E-state index < -0.39 is 0 Å². The van der Waals surface area contributed by atoms with Gasteiger partial charge in [0.2, 0.25) is 5.91 Å². The highest BCUT2D eigenvalue weighted by Gasteiger charge is 2.28. The summed E-state index contributed by atoms with van der Waals surface area (Å²) in [5.74, 6) is -0.580. The molecule has 7 heteroatoms. The lowest BCUT2D eigenvalue weighted by atomic mass is 9.97. The van der Waals surface area contributed by atoms with Gasteiger partial charge in [0.1, 0.15) is 5.01 Å². The second kappa shape index (κ2) is 6.57. The van der Waals surface area contributed by atoms with E-state index in [1.165, 1.54) is 11.3 Å². The quantitative estimate of drug-likeness (QED) is 0.767. The standard InChI is InChI=1S/C18H17N3O2S2/c19-16(22)11-4-3-9-21(10-11)18(23)15-8-7-14(24-15)17-20-12-5-1-2-6-13(12)25-17/h1-2,5-8,11H,3-4,9-10H2,(H2,19,22)/t11-/m1/s1. The van der Waals surface area contributed by atoms with Crippen LogP contribution in [0.5, 0.6) is 0 Å². The predicted molar refractivity (Wildman–Crippen MR) is 101 cm³/mol. The van der Waals surface area contributed by atoms with Gasteiger partial charge in [0.05, 0.1) is 25.9 Å². The highest BCUT2D eigenvalue weighted by molar-refractivity contribution is 7.26. The van der Waals surface area contributed by atoms with Gasteiger partial charge in [0, 0.05) is 13.1 Å². The number of aromatic nitrogens is 1. The summed E-state index contributed by atoms with van der Waals surface area (Å²) in [7, 11) is 0. The number of hydrogen-bond donors (Lipinski definition) is 1. The molecule has 128 valence electrons. The Kier molecular flexibility index (Phi) is 4.27. The zero-order chi connectivity index (χ0) is 17.4. The third-order valence-corrected chi connectivity index (χ3v) is 6.71. The van der Waals surface area contributed by atoms with Crippen LogP contribution in [0.3, 0.4) is 0 Å². The highest BCUT2D eigenvalue weighted by atomic mass is 32.1. The van der Waals surface area contributed by atoms with Crippen molar-refractivity contribution in [3.8, 4) is 9.88 Å². The summed E-state index contributed by atoms with van der Waals surface area (Å²) in [6.45, 7) is 1.10. The first-order valence-electron chi connectivity index (χ1n) is 8.16. The predicted octanol–water partition coefficient (Wildman–Crippen LogP) is 3.36. The Balaban J connectivity index is 1.56. The number of rotatable bonds is 3. The molecule has 1 aromatic carbocycles. The lowest BCUT2D eigenvalue weighted by molar-refractivity contribution is -0.123. The molecule has 2 N–H and O–H groups in total. The molecule has 1 saturated heterocycles. The summed E-state index contributed by atoms with van der Waals surface area (Å²) < 4.78 is 1.14. The summed E-state index contributed by atoms with van der Waals surface area (Å²) in [6.07, 6.45) is 1.58. The van der Waals surface area contributed by atoms with Crippen LogP contribution in [-0.4, -0.2) is 34.8 Å². The number of para-hydroxylation sites is 1. The number of nitrogens with two attached hydrogens (primary N) is 1. The third-order valence-electron chi connectivity index (χ3n) is 4.43. The molecule has 3 heterocycles. The van der Waals surface area contributed by atoms with E-state index in [0.29, 0.717) is 18.0 Å². The summed E-state index contributed by atoms with van der Waals surface area (Å²) in [5, 5.41) is 0.930. The van der Waals surface area contributed by atoms with Gasteiger partial charge in [0.25, 0.3) is 5.91 Å². The molecule has 5 nitrogen and oxygen atoms in total. The Bertz CT molecular complexity index is 914. The van der Waals surface area contributed by atoms with Crippen LogP contribution in [0.4, 0.5) is 0 Å². The molecule has 2 aromatic heterocycles. The van der Waals surface area contributed by atoms with Gasteiger partial charge in [-0.15, -0.1) is 22.7 Å². The molecule has 0 saturated carbocycles. The van der Waals surface area contributed by atoms with Crippen LogP contribution >= 0.6 is 22.7 Å². The van der Waals surface area contributed by atoms with Gasteiger partial charge in [-0.05, 0) is 37.1 Å². The first-order valence-corrected chi connectivity index (χ1v) is 9.79. The Morgan fingerprint density at radius 3 is 2.80 bits per heavy atom. The van der Waals surface area contributed by atoms with Gasteiger partial charge >= 0.3 is 0 Å². The van der Waals surface area contributed by atoms with Gasteiger partial charge in [-0.3, -0.25) is 9.59 Å². The Morgan fingerprint density at radius 2 is 2.00 bits per heavy atom. The van der Waals surface area contributed by atoms with Crippen LogP contribution in [0, 0.1) is 5.92 Å². The van der Waals surface area contributed by atoms with Crippen LogP contribution in [0.15, 0.2) is 36.4 Å². The van der Waals surface area contributed by atoms with Crippen LogP contribution in [0.2, 0.25) is 0 Å². The Morgan fingerprint density at radius 1 is 1.16 bits per heavy atom.